The average Bonchev–Trinajstić information content (AvgIpc) is 2.72. The van der Waals surface area contributed by atoms with Gasteiger partial charge in [-0.05, 0) is 26.2 Å². The maximum atomic E-state index is 12.6. The predicted molar refractivity (Wildman–Crippen MR) is 68.0 cm³/mol. The molecule has 17 heavy (non-hydrogen) atoms. The van der Waals surface area contributed by atoms with E-state index in [0.717, 1.165) is 32.4 Å². The Morgan fingerprint density at radius 1 is 1.24 bits per heavy atom. The number of nitrogens with one attached hydrogen (secondary N) is 1. The van der Waals surface area contributed by atoms with Gasteiger partial charge in [-0.25, -0.2) is 0 Å². The van der Waals surface area contributed by atoms with Crippen molar-refractivity contribution in [3.8, 4) is 0 Å². The lowest BCUT2D eigenvalue weighted by atomic mass is 10.2. The molecule has 2 heterocycles. The average molecular weight is 261 g/mol. The van der Waals surface area contributed by atoms with Gasteiger partial charge in [0, 0.05) is 38.3 Å². The molecule has 6 heteroatoms. The van der Waals surface area contributed by atoms with Crippen LogP contribution in [-0.2, 0) is 10.2 Å². The van der Waals surface area contributed by atoms with Gasteiger partial charge < -0.3 is 5.32 Å². The molecule has 0 aromatic rings. The van der Waals surface area contributed by atoms with Crippen LogP contribution >= 0.6 is 0 Å². The van der Waals surface area contributed by atoms with Crippen molar-refractivity contribution in [2.24, 2.45) is 0 Å². The third-order valence-corrected chi connectivity index (χ3v) is 6.06. The summed E-state index contributed by atoms with van der Waals surface area (Å²) in [6, 6.07) is 0.352. The zero-order chi connectivity index (χ0) is 12.5. The van der Waals surface area contributed by atoms with Crippen molar-refractivity contribution < 1.29 is 8.42 Å². The number of piperazine rings is 1. The van der Waals surface area contributed by atoms with Crippen molar-refractivity contribution in [3.05, 3.63) is 0 Å². The Labute approximate surface area is 104 Å². The molecule has 0 saturated carbocycles. The number of hydrogen-bond acceptors (Lipinski definition) is 3. The quantitative estimate of drug-likeness (QED) is 0.800. The van der Waals surface area contributed by atoms with E-state index in [1.54, 1.807) is 8.61 Å². The first-order valence-corrected chi connectivity index (χ1v) is 7.96. The van der Waals surface area contributed by atoms with E-state index < -0.39 is 10.2 Å². The summed E-state index contributed by atoms with van der Waals surface area (Å²) in [5, 5.41) is 3.19. The highest BCUT2D eigenvalue weighted by molar-refractivity contribution is 7.86. The molecule has 100 valence electrons. The molecule has 0 amide bonds. The van der Waals surface area contributed by atoms with E-state index in [4.69, 9.17) is 0 Å². The number of hydrogen-bond donors (Lipinski definition) is 1. The van der Waals surface area contributed by atoms with Crippen molar-refractivity contribution in [1.29, 1.82) is 0 Å². The minimum Gasteiger partial charge on any atom is -0.314 e. The maximum absolute atomic E-state index is 12.6. The van der Waals surface area contributed by atoms with Crippen LogP contribution in [0.2, 0.25) is 0 Å². The first-order valence-electron chi connectivity index (χ1n) is 6.56. The van der Waals surface area contributed by atoms with Crippen LogP contribution in [0.15, 0.2) is 0 Å². The molecule has 0 bridgehead atoms. The Bertz CT molecular complexity index is 352. The molecule has 0 aromatic carbocycles. The van der Waals surface area contributed by atoms with Gasteiger partial charge >= 0.3 is 0 Å². The van der Waals surface area contributed by atoms with Gasteiger partial charge in [0.1, 0.15) is 0 Å². The Balaban J connectivity index is 2.18. The molecular formula is C11H23N3O2S. The molecular weight excluding hydrogens is 238 g/mol. The van der Waals surface area contributed by atoms with Crippen LogP contribution in [0, 0.1) is 0 Å². The molecule has 2 aliphatic heterocycles. The summed E-state index contributed by atoms with van der Waals surface area (Å²) in [6.07, 6.45) is 2.91. The lowest BCUT2D eigenvalue weighted by Crippen LogP contribution is -2.54. The van der Waals surface area contributed by atoms with Crippen LogP contribution in [0.25, 0.3) is 0 Å². The second-order valence-electron chi connectivity index (χ2n) is 4.98. The van der Waals surface area contributed by atoms with Gasteiger partial charge in [0.15, 0.2) is 0 Å². The van der Waals surface area contributed by atoms with E-state index in [0.29, 0.717) is 13.1 Å². The molecule has 0 radical (unpaired) electrons. The Hall–Kier alpha value is -0.170. The van der Waals surface area contributed by atoms with Crippen LogP contribution in [0.1, 0.15) is 33.1 Å². The molecule has 5 nitrogen and oxygen atoms in total. The molecule has 2 rings (SSSR count). The summed E-state index contributed by atoms with van der Waals surface area (Å²) >= 11 is 0. The number of rotatable bonds is 3. The van der Waals surface area contributed by atoms with Crippen molar-refractivity contribution in [3.63, 3.8) is 0 Å². The van der Waals surface area contributed by atoms with Gasteiger partial charge in [-0.2, -0.15) is 17.0 Å². The second-order valence-corrected chi connectivity index (χ2v) is 6.81. The molecule has 0 aliphatic carbocycles. The Kier molecular flexibility index (Phi) is 4.07. The van der Waals surface area contributed by atoms with Gasteiger partial charge in [0.05, 0.1) is 0 Å². The first kappa shape index (κ1) is 13.3. The fourth-order valence-corrected chi connectivity index (χ4v) is 4.96. The normalized spacial score (nSPS) is 33.1. The third kappa shape index (κ3) is 2.50. The highest BCUT2D eigenvalue weighted by Gasteiger charge is 2.41. The molecule has 2 atom stereocenters. The molecule has 2 aliphatic rings. The molecule has 0 spiro atoms. The molecule has 2 saturated heterocycles. The van der Waals surface area contributed by atoms with Crippen LogP contribution in [0.3, 0.4) is 0 Å². The topological polar surface area (TPSA) is 52.7 Å². The lowest BCUT2D eigenvalue weighted by molar-refractivity contribution is 0.273. The van der Waals surface area contributed by atoms with E-state index in [-0.39, 0.29) is 12.1 Å². The van der Waals surface area contributed by atoms with Crippen molar-refractivity contribution in [1.82, 2.24) is 13.9 Å². The minimum atomic E-state index is -3.25. The van der Waals surface area contributed by atoms with E-state index in [2.05, 4.69) is 12.2 Å². The SMILES string of the molecule is CCC1CCC(C)N1S(=O)(=O)N1CCNCC1. The Morgan fingerprint density at radius 2 is 1.88 bits per heavy atom. The van der Waals surface area contributed by atoms with Gasteiger partial charge in [0.25, 0.3) is 10.2 Å². The fraction of sp³-hybridized carbons (Fsp3) is 1.00. The van der Waals surface area contributed by atoms with Crippen molar-refractivity contribution >= 4 is 10.2 Å². The number of nitrogens with zero attached hydrogens (tertiary/aromatic N) is 2. The van der Waals surface area contributed by atoms with Gasteiger partial charge in [0.2, 0.25) is 0 Å². The van der Waals surface area contributed by atoms with Crippen molar-refractivity contribution in [2.75, 3.05) is 26.2 Å². The second kappa shape index (κ2) is 5.22. The highest BCUT2D eigenvalue weighted by Crippen LogP contribution is 2.30. The zero-order valence-corrected chi connectivity index (χ0v) is 11.5. The van der Waals surface area contributed by atoms with E-state index in [1.165, 1.54) is 0 Å². The Morgan fingerprint density at radius 3 is 2.47 bits per heavy atom. The lowest BCUT2D eigenvalue weighted by Gasteiger charge is -2.35. The first-order chi connectivity index (χ1) is 8.07. The van der Waals surface area contributed by atoms with Crippen molar-refractivity contribution in [2.45, 2.75) is 45.2 Å². The van der Waals surface area contributed by atoms with E-state index >= 15 is 0 Å². The smallest absolute Gasteiger partial charge is 0.282 e. The fourth-order valence-electron chi connectivity index (χ4n) is 2.86. The van der Waals surface area contributed by atoms with Crippen LogP contribution < -0.4 is 5.32 Å². The summed E-state index contributed by atoms with van der Waals surface area (Å²) in [4.78, 5) is 0. The monoisotopic (exact) mass is 261 g/mol. The molecule has 2 fully saturated rings. The maximum Gasteiger partial charge on any atom is 0.282 e. The van der Waals surface area contributed by atoms with Crippen LogP contribution in [0.5, 0.6) is 0 Å². The van der Waals surface area contributed by atoms with Gasteiger partial charge in [-0.15, -0.1) is 0 Å². The summed E-state index contributed by atoms with van der Waals surface area (Å²) in [5.74, 6) is 0. The van der Waals surface area contributed by atoms with Gasteiger partial charge in [-0.1, -0.05) is 6.92 Å². The minimum absolute atomic E-state index is 0.153. The van der Waals surface area contributed by atoms with E-state index in [1.807, 2.05) is 6.92 Å². The summed E-state index contributed by atoms with van der Waals surface area (Å²) in [6.45, 7) is 6.82. The van der Waals surface area contributed by atoms with E-state index in [9.17, 15) is 8.42 Å². The zero-order valence-electron chi connectivity index (χ0n) is 10.7. The third-order valence-electron chi connectivity index (χ3n) is 3.85. The van der Waals surface area contributed by atoms with Crippen LogP contribution in [0.4, 0.5) is 0 Å². The summed E-state index contributed by atoms with van der Waals surface area (Å²) in [5.41, 5.74) is 0. The largest absolute Gasteiger partial charge is 0.314 e. The summed E-state index contributed by atoms with van der Waals surface area (Å²) < 4.78 is 28.6. The van der Waals surface area contributed by atoms with Gasteiger partial charge in [-0.3, -0.25) is 0 Å². The standard InChI is InChI=1S/C11H23N3O2S/c1-3-11-5-4-10(2)14(11)17(15,16)13-8-6-12-7-9-13/h10-12H,3-9H2,1-2H3. The predicted octanol–water partition coefficient (Wildman–Crippen LogP) is 0.399. The molecule has 1 N–H and O–H groups in total. The summed E-state index contributed by atoms with van der Waals surface area (Å²) in [7, 11) is -3.25. The van der Waals surface area contributed by atoms with Crippen LogP contribution in [-0.4, -0.2) is 55.3 Å². The molecule has 2 unspecified atom stereocenters. The molecule has 0 aromatic heterocycles. The highest BCUT2D eigenvalue weighted by atomic mass is 32.2.